The summed E-state index contributed by atoms with van der Waals surface area (Å²) in [4.78, 5) is 30.6. The van der Waals surface area contributed by atoms with Gasteiger partial charge in [-0.05, 0) is 49.2 Å². The number of aromatic nitrogens is 1. The number of nitrogens with one attached hydrogen (secondary N) is 1. The number of nitrogens with zero attached hydrogens (tertiary/aromatic N) is 2. The Bertz CT molecular complexity index is 972. The Kier molecular flexibility index (Phi) is 5.50. The number of rotatable bonds is 5. The van der Waals surface area contributed by atoms with Gasteiger partial charge in [0.25, 0.3) is 0 Å². The summed E-state index contributed by atoms with van der Waals surface area (Å²) < 4.78 is 0. The number of carbonyl (C=O) groups is 2. The molecule has 1 aromatic heterocycles. The van der Waals surface area contributed by atoms with Crippen LogP contribution in [0.5, 0.6) is 0 Å². The number of pyridine rings is 1. The van der Waals surface area contributed by atoms with E-state index in [1.165, 1.54) is 6.92 Å². The summed E-state index contributed by atoms with van der Waals surface area (Å²) in [6.07, 6.45) is 1.91. The number of fused-ring (bicyclic) bond motifs is 1. The molecule has 1 heterocycles. The van der Waals surface area contributed by atoms with Gasteiger partial charge in [-0.2, -0.15) is 0 Å². The summed E-state index contributed by atoms with van der Waals surface area (Å²) in [6, 6.07) is 15.4. The van der Waals surface area contributed by atoms with Crippen LogP contribution < -0.4 is 10.2 Å². The number of anilines is 2. The Balaban J connectivity index is 1.75. The predicted octanol–water partition coefficient (Wildman–Crippen LogP) is 4.23. The highest BCUT2D eigenvalue weighted by atomic mass is 16.2. The van der Waals surface area contributed by atoms with E-state index < -0.39 is 0 Å². The minimum absolute atomic E-state index is 0.118. The van der Waals surface area contributed by atoms with E-state index in [4.69, 9.17) is 0 Å². The van der Waals surface area contributed by atoms with Gasteiger partial charge in [0.05, 0.1) is 11.2 Å². The number of para-hydroxylation sites is 1. The van der Waals surface area contributed by atoms with Crippen LogP contribution in [0.3, 0.4) is 0 Å². The lowest BCUT2D eigenvalue weighted by Gasteiger charge is -2.22. The third-order valence-corrected chi connectivity index (χ3v) is 4.35. The molecular weight excluding hydrogens is 338 g/mol. The van der Waals surface area contributed by atoms with Crippen molar-refractivity contribution < 1.29 is 9.59 Å². The minimum atomic E-state index is -0.126. The predicted molar refractivity (Wildman–Crippen MR) is 109 cm³/mol. The minimum Gasteiger partial charge on any atom is -0.326 e. The largest absolute Gasteiger partial charge is 0.326 e. The monoisotopic (exact) mass is 361 g/mol. The van der Waals surface area contributed by atoms with Crippen LogP contribution in [0, 0.1) is 13.8 Å². The molecule has 27 heavy (non-hydrogen) atoms. The molecule has 0 aliphatic heterocycles. The van der Waals surface area contributed by atoms with E-state index in [-0.39, 0.29) is 18.2 Å². The van der Waals surface area contributed by atoms with Crippen LogP contribution in [0.2, 0.25) is 0 Å². The molecule has 5 nitrogen and oxygen atoms in total. The van der Waals surface area contributed by atoms with Crippen molar-refractivity contribution in [2.24, 2.45) is 0 Å². The summed E-state index contributed by atoms with van der Waals surface area (Å²) >= 11 is 0. The van der Waals surface area contributed by atoms with E-state index in [1.807, 2.05) is 56.3 Å². The van der Waals surface area contributed by atoms with Gasteiger partial charge >= 0.3 is 0 Å². The standard InChI is InChI=1S/C22H23N3O2/c1-15-12-16(2)14-19(13-15)24-21(27)9-11-25(17(3)26)20-8-4-6-18-7-5-10-23-22(18)20/h4-8,10,12-14H,9,11H2,1-3H3,(H,24,27). The van der Waals surface area contributed by atoms with Crippen molar-refractivity contribution in [3.05, 3.63) is 65.9 Å². The number of hydrogen-bond donors (Lipinski definition) is 1. The molecule has 1 N–H and O–H groups in total. The Morgan fingerprint density at radius 2 is 1.74 bits per heavy atom. The number of carbonyl (C=O) groups excluding carboxylic acids is 2. The van der Waals surface area contributed by atoms with Gasteiger partial charge in [-0.15, -0.1) is 0 Å². The summed E-state index contributed by atoms with van der Waals surface area (Å²) in [7, 11) is 0. The van der Waals surface area contributed by atoms with Gasteiger partial charge in [-0.3, -0.25) is 14.6 Å². The normalized spacial score (nSPS) is 10.6. The number of hydrogen-bond acceptors (Lipinski definition) is 3. The molecule has 3 aromatic rings. The van der Waals surface area contributed by atoms with Crippen molar-refractivity contribution in [2.75, 3.05) is 16.8 Å². The highest BCUT2D eigenvalue weighted by Crippen LogP contribution is 2.25. The molecule has 0 unspecified atom stereocenters. The van der Waals surface area contributed by atoms with Crippen molar-refractivity contribution in [1.29, 1.82) is 0 Å². The molecule has 0 aliphatic carbocycles. The van der Waals surface area contributed by atoms with Gasteiger partial charge in [0, 0.05) is 37.2 Å². The van der Waals surface area contributed by atoms with E-state index in [9.17, 15) is 9.59 Å². The summed E-state index contributed by atoms with van der Waals surface area (Å²) in [5, 5.41) is 3.87. The molecular formula is C22H23N3O2. The first-order chi connectivity index (χ1) is 12.9. The first-order valence-electron chi connectivity index (χ1n) is 8.94. The maximum atomic E-state index is 12.4. The van der Waals surface area contributed by atoms with Gasteiger partial charge < -0.3 is 10.2 Å². The number of aryl methyl sites for hydroxylation is 2. The Labute approximate surface area is 159 Å². The Hall–Kier alpha value is -3.21. The van der Waals surface area contributed by atoms with Crippen molar-refractivity contribution in [1.82, 2.24) is 4.98 Å². The van der Waals surface area contributed by atoms with Crippen LogP contribution in [0.1, 0.15) is 24.5 Å². The van der Waals surface area contributed by atoms with E-state index in [2.05, 4.69) is 16.4 Å². The zero-order valence-electron chi connectivity index (χ0n) is 15.8. The fraction of sp³-hybridized carbons (Fsp3) is 0.227. The van der Waals surface area contributed by atoms with Crippen LogP contribution in [0.25, 0.3) is 10.9 Å². The van der Waals surface area contributed by atoms with Crippen LogP contribution in [-0.4, -0.2) is 23.3 Å². The lowest BCUT2D eigenvalue weighted by atomic mass is 10.1. The van der Waals surface area contributed by atoms with Crippen LogP contribution in [-0.2, 0) is 9.59 Å². The maximum absolute atomic E-state index is 12.4. The lowest BCUT2D eigenvalue weighted by Crippen LogP contribution is -2.32. The topological polar surface area (TPSA) is 62.3 Å². The molecule has 2 aromatic carbocycles. The van der Waals surface area contributed by atoms with Crippen molar-refractivity contribution in [2.45, 2.75) is 27.2 Å². The molecule has 2 amide bonds. The van der Waals surface area contributed by atoms with Gasteiger partial charge in [-0.1, -0.05) is 24.3 Å². The van der Waals surface area contributed by atoms with Crippen molar-refractivity contribution >= 4 is 34.1 Å². The molecule has 0 aliphatic rings. The summed E-state index contributed by atoms with van der Waals surface area (Å²) in [5.74, 6) is -0.244. The maximum Gasteiger partial charge on any atom is 0.226 e. The second kappa shape index (κ2) is 7.99. The highest BCUT2D eigenvalue weighted by Gasteiger charge is 2.16. The fourth-order valence-electron chi connectivity index (χ4n) is 3.24. The zero-order chi connectivity index (χ0) is 19.4. The molecule has 0 fully saturated rings. The first-order valence-corrected chi connectivity index (χ1v) is 8.94. The number of amides is 2. The van der Waals surface area contributed by atoms with Gasteiger partial charge in [0.2, 0.25) is 11.8 Å². The zero-order valence-corrected chi connectivity index (χ0v) is 15.8. The highest BCUT2D eigenvalue weighted by molar-refractivity contribution is 6.01. The van der Waals surface area contributed by atoms with Gasteiger partial charge in [0.1, 0.15) is 0 Å². The molecule has 0 saturated carbocycles. The molecule has 0 spiro atoms. The van der Waals surface area contributed by atoms with Crippen LogP contribution in [0.15, 0.2) is 54.7 Å². The lowest BCUT2D eigenvalue weighted by molar-refractivity contribution is -0.117. The molecule has 0 bridgehead atoms. The van der Waals surface area contributed by atoms with E-state index in [0.29, 0.717) is 6.54 Å². The smallest absolute Gasteiger partial charge is 0.226 e. The average Bonchev–Trinajstić information content (AvgIpc) is 2.61. The third-order valence-electron chi connectivity index (χ3n) is 4.35. The van der Waals surface area contributed by atoms with Crippen molar-refractivity contribution in [3.63, 3.8) is 0 Å². The first kappa shape index (κ1) is 18.6. The van der Waals surface area contributed by atoms with Gasteiger partial charge in [-0.25, -0.2) is 0 Å². The molecule has 0 atom stereocenters. The second-order valence-corrected chi connectivity index (χ2v) is 6.70. The molecule has 3 rings (SSSR count). The SMILES string of the molecule is CC(=O)N(CCC(=O)Nc1cc(C)cc(C)c1)c1cccc2cccnc12. The van der Waals surface area contributed by atoms with E-state index >= 15 is 0 Å². The van der Waals surface area contributed by atoms with Gasteiger partial charge in [0.15, 0.2) is 0 Å². The molecule has 0 radical (unpaired) electrons. The molecule has 0 saturated heterocycles. The molecule has 5 heteroatoms. The van der Waals surface area contributed by atoms with Crippen molar-refractivity contribution in [3.8, 4) is 0 Å². The average molecular weight is 361 g/mol. The van der Waals surface area contributed by atoms with Crippen LogP contribution in [0.4, 0.5) is 11.4 Å². The summed E-state index contributed by atoms with van der Waals surface area (Å²) in [5.41, 5.74) is 4.44. The van der Waals surface area contributed by atoms with E-state index in [1.54, 1.807) is 11.1 Å². The number of benzene rings is 2. The van der Waals surface area contributed by atoms with E-state index in [0.717, 1.165) is 33.4 Å². The Morgan fingerprint density at radius 1 is 1.04 bits per heavy atom. The quantitative estimate of drug-likeness (QED) is 0.739. The Morgan fingerprint density at radius 3 is 2.44 bits per heavy atom. The van der Waals surface area contributed by atoms with Crippen LogP contribution >= 0.6 is 0 Å². The third kappa shape index (κ3) is 4.50. The molecule has 138 valence electrons. The second-order valence-electron chi connectivity index (χ2n) is 6.70. The fourth-order valence-corrected chi connectivity index (χ4v) is 3.24. The summed E-state index contributed by atoms with van der Waals surface area (Å²) in [6.45, 7) is 5.78.